The second kappa shape index (κ2) is 7.32. The summed E-state index contributed by atoms with van der Waals surface area (Å²) in [6.45, 7) is 3.96. The Morgan fingerprint density at radius 3 is 2.79 bits per heavy atom. The van der Waals surface area contributed by atoms with Crippen molar-refractivity contribution >= 4 is 23.4 Å². The number of benzene rings is 1. The second-order valence-electron chi connectivity index (χ2n) is 6.92. The van der Waals surface area contributed by atoms with Crippen LogP contribution in [0.3, 0.4) is 0 Å². The predicted octanol–water partition coefficient (Wildman–Crippen LogP) is 1.02. The Hall–Kier alpha value is -3.21. The minimum Gasteiger partial charge on any atom is -0.384 e. The molecule has 3 aromatic rings. The van der Waals surface area contributed by atoms with Gasteiger partial charge in [-0.15, -0.1) is 5.10 Å². The molecule has 0 atom stereocenters. The number of aryl methyl sites for hydroxylation is 1. The van der Waals surface area contributed by atoms with Crippen LogP contribution >= 0.6 is 11.8 Å². The third-order valence-corrected chi connectivity index (χ3v) is 5.87. The van der Waals surface area contributed by atoms with Crippen LogP contribution in [0.4, 0.5) is 5.82 Å². The molecule has 1 aliphatic rings. The Labute approximate surface area is 169 Å². The van der Waals surface area contributed by atoms with Gasteiger partial charge in [-0.05, 0) is 54.3 Å². The summed E-state index contributed by atoms with van der Waals surface area (Å²) >= 11 is 1.10. The van der Waals surface area contributed by atoms with Gasteiger partial charge in [-0.2, -0.15) is 4.68 Å². The SMILES string of the molecule is Cc1cccc(-n2nnnc2SCC(=O)c2c(N)n(C3CC3)c(=O)[nH]c2=O)c1C. The number of nitrogens with one attached hydrogen (secondary N) is 1. The smallest absolute Gasteiger partial charge is 0.330 e. The lowest BCUT2D eigenvalue weighted by Crippen LogP contribution is -2.36. The number of aromatic nitrogens is 6. The molecule has 0 unspecified atom stereocenters. The quantitative estimate of drug-likeness (QED) is 0.451. The summed E-state index contributed by atoms with van der Waals surface area (Å²) in [5.74, 6) is -0.666. The highest BCUT2D eigenvalue weighted by molar-refractivity contribution is 7.99. The fourth-order valence-corrected chi connectivity index (χ4v) is 3.87. The number of nitrogens with zero attached hydrogens (tertiary/aromatic N) is 5. The molecule has 2 heterocycles. The van der Waals surface area contributed by atoms with Crippen molar-refractivity contribution in [2.45, 2.75) is 37.9 Å². The van der Waals surface area contributed by atoms with E-state index in [1.807, 2.05) is 32.0 Å². The summed E-state index contributed by atoms with van der Waals surface area (Å²) < 4.78 is 2.85. The number of hydrogen-bond donors (Lipinski definition) is 2. The summed E-state index contributed by atoms with van der Waals surface area (Å²) in [5.41, 5.74) is 7.36. The van der Waals surface area contributed by atoms with Crippen LogP contribution in [0.5, 0.6) is 0 Å². The van der Waals surface area contributed by atoms with Crippen molar-refractivity contribution in [3.05, 3.63) is 55.7 Å². The molecule has 1 saturated carbocycles. The molecule has 0 saturated heterocycles. The molecule has 0 radical (unpaired) electrons. The largest absolute Gasteiger partial charge is 0.384 e. The molecule has 0 bridgehead atoms. The lowest BCUT2D eigenvalue weighted by molar-refractivity contribution is 0.102. The number of anilines is 1. The number of thioether (sulfide) groups is 1. The van der Waals surface area contributed by atoms with E-state index in [9.17, 15) is 14.4 Å². The van der Waals surface area contributed by atoms with Crippen molar-refractivity contribution < 1.29 is 4.79 Å². The van der Waals surface area contributed by atoms with Gasteiger partial charge >= 0.3 is 5.69 Å². The molecule has 3 N–H and O–H groups in total. The first kappa shape index (κ1) is 19.1. The molecule has 1 fully saturated rings. The van der Waals surface area contributed by atoms with Gasteiger partial charge in [-0.1, -0.05) is 23.9 Å². The van der Waals surface area contributed by atoms with Crippen LogP contribution in [0.2, 0.25) is 0 Å². The second-order valence-corrected chi connectivity index (χ2v) is 7.87. The molecule has 4 rings (SSSR count). The van der Waals surface area contributed by atoms with Crippen molar-refractivity contribution in [1.29, 1.82) is 0 Å². The standard InChI is InChI=1S/C18H19N7O3S/c1-9-4-3-5-12(10(9)2)25-18(21-22-23-25)29-8-13(26)14-15(19)24(11-6-7-11)17(28)20-16(14)27/h3-5,11H,6-8,19H2,1-2H3,(H,20,27,28). The number of ketones is 1. The van der Waals surface area contributed by atoms with E-state index in [-0.39, 0.29) is 23.2 Å². The van der Waals surface area contributed by atoms with Crippen molar-refractivity contribution in [2.24, 2.45) is 0 Å². The van der Waals surface area contributed by atoms with Crippen molar-refractivity contribution in [3.8, 4) is 5.69 Å². The lowest BCUT2D eigenvalue weighted by Gasteiger charge is -2.11. The summed E-state index contributed by atoms with van der Waals surface area (Å²) in [6.07, 6.45) is 1.59. The Kier molecular flexibility index (Phi) is 4.82. The summed E-state index contributed by atoms with van der Waals surface area (Å²) in [6, 6.07) is 5.72. The number of H-pyrrole nitrogens is 1. The fraction of sp³-hybridized carbons (Fsp3) is 0.333. The predicted molar refractivity (Wildman–Crippen MR) is 108 cm³/mol. The van der Waals surface area contributed by atoms with Crippen LogP contribution in [0, 0.1) is 13.8 Å². The number of aromatic amines is 1. The van der Waals surface area contributed by atoms with E-state index >= 15 is 0 Å². The number of carbonyl (C=O) groups is 1. The van der Waals surface area contributed by atoms with Crippen molar-refractivity contribution in [2.75, 3.05) is 11.5 Å². The number of hydrogen-bond acceptors (Lipinski definition) is 8. The van der Waals surface area contributed by atoms with Gasteiger partial charge in [0.15, 0.2) is 5.78 Å². The molecule has 1 aliphatic carbocycles. The molecule has 0 aliphatic heterocycles. The molecule has 0 spiro atoms. The number of rotatable bonds is 6. The summed E-state index contributed by atoms with van der Waals surface area (Å²) in [4.78, 5) is 39.1. The van der Waals surface area contributed by atoms with Crippen LogP contribution in [-0.4, -0.2) is 41.3 Å². The maximum atomic E-state index is 12.7. The minimum absolute atomic E-state index is 0.0600. The molecule has 11 heteroatoms. The maximum Gasteiger partial charge on any atom is 0.330 e. The van der Waals surface area contributed by atoms with Gasteiger partial charge < -0.3 is 5.73 Å². The van der Waals surface area contributed by atoms with Gasteiger partial charge in [0.2, 0.25) is 5.16 Å². The highest BCUT2D eigenvalue weighted by atomic mass is 32.2. The van der Waals surface area contributed by atoms with Crippen molar-refractivity contribution in [3.63, 3.8) is 0 Å². The van der Waals surface area contributed by atoms with Gasteiger partial charge in [0.1, 0.15) is 11.4 Å². The number of Topliss-reactive ketones (excluding diaryl/α,β-unsaturated/α-hetero) is 1. The van der Waals surface area contributed by atoms with E-state index in [0.29, 0.717) is 5.16 Å². The van der Waals surface area contributed by atoms with Gasteiger partial charge in [0.25, 0.3) is 5.56 Å². The molecule has 150 valence electrons. The molecular weight excluding hydrogens is 394 g/mol. The lowest BCUT2D eigenvalue weighted by atomic mass is 10.1. The Bertz CT molecular complexity index is 1220. The van der Waals surface area contributed by atoms with Gasteiger partial charge in [-0.25, -0.2) is 4.79 Å². The number of nitrogen functional groups attached to an aromatic ring is 1. The summed E-state index contributed by atoms with van der Waals surface area (Å²) in [5, 5.41) is 12.1. The van der Waals surface area contributed by atoms with Crippen molar-refractivity contribution in [1.82, 2.24) is 29.8 Å². The van der Waals surface area contributed by atoms with E-state index in [1.165, 1.54) is 4.57 Å². The third kappa shape index (κ3) is 3.48. The molecule has 1 aromatic carbocycles. The van der Waals surface area contributed by atoms with E-state index in [2.05, 4.69) is 20.5 Å². The maximum absolute atomic E-state index is 12.7. The number of tetrazole rings is 1. The van der Waals surface area contributed by atoms with Gasteiger partial charge in [0.05, 0.1) is 11.4 Å². The van der Waals surface area contributed by atoms with Crippen LogP contribution < -0.4 is 17.0 Å². The Morgan fingerprint density at radius 1 is 1.31 bits per heavy atom. The zero-order chi connectivity index (χ0) is 20.7. The van der Waals surface area contributed by atoms with Crippen LogP contribution in [-0.2, 0) is 0 Å². The van der Waals surface area contributed by atoms with Crippen LogP contribution in [0.25, 0.3) is 5.69 Å². The minimum atomic E-state index is -0.774. The molecule has 29 heavy (non-hydrogen) atoms. The normalized spacial score (nSPS) is 13.6. The van der Waals surface area contributed by atoms with Crippen LogP contribution in [0.1, 0.15) is 40.4 Å². The van der Waals surface area contributed by atoms with Gasteiger partial charge in [-0.3, -0.25) is 19.1 Å². The van der Waals surface area contributed by atoms with E-state index in [0.717, 1.165) is 41.4 Å². The fourth-order valence-electron chi connectivity index (χ4n) is 3.12. The van der Waals surface area contributed by atoms with Crippen LogP contribution in [0.15, 0.2) is 32.9 Å². The molecule has 2 aromatic heterocycles. The summed E-state index contributed by atoms with van der Waals surface area (Å²) in [7, 11) is 0. The topological polar surface area (TPSA) is 142 Å². The molecule has 10 nitrogen and oxygen atoms in total. The zero-order valence-corrected chi connectivity index (χ0v) is 16.7. The molecule has 0 amide bonds. The highest BCUT2D eigenvalue weighted by Crippen LogP contribution is 2.35. The van der Waals surface area contributed by atoms with E-state index in [1.54, 1.807) is 4.68 Å². The number of nitrogens with two attached hydrogens (primary N) is 1. The number of carbonyl (C=O) groups excluding carboxylic acids is 1. The first-order valence-corrected chi connectivity index (χ1v) is 10.0. The Balaban J connectivity index is 1.60. The third-order valence-electron chi connectivity index (χ3n) is 4.95. The molecular formula is C18H19N7O3S. The zero-order valence-electron chi connectivity index (χ0n) is 15.9. The van der Waals surface area contributed by atoms with Gasteiger partial charge in [0, 0.05) is 6.04 Å². The van der Waals surface area contributed by atoms with E-state index < -0.39 is 17.0 Å². The monoisotopic (exact) mass is 413 g/mol. The highest BCUT2D eigenvalue weighted by Gasteiger charge is 2.30. The average molecular weight is 413 g/mol. The van der Waals surface area contributed by atoms with E-state index in [4.69, 9.17) is 5.73 Å². The average Bonchev–Trinajstić information content (AvgIpc) is 3.38. The Morgan fingerprint density at radius 2 is 2.07 bits per heavy atom. The first-order valence-electron chi connectivity index (χ1n) is 9.03. The first-order chi connectivity index (χ1) is 13.9.